The van der Waals surface area contributed by atoms with E-state index in [4.69, 9.17) is 0 Å². The van der Waals surface area contributed by atoms with Gasteiger partial charge < -0.3 is 4.90 Å². The van der Waals surface area contributed by atoms with Crippen molar-refractivity contribution in [1.29, 1.82) is 0 Å². The monoisotopic (exact) mass is 373 g/mol. The molecule has 1 unspecified atom stereocenters. The van der Waals surface area contributed by atoms with E-state index in [1.165, 1.54) is 17.2 Å². The smallest absolute Gasteiger partial charge is 0.255 e. The van der Waals surface area contributed by atoms with Gasteiger partial charge in [0.05, 0.1) is 6.54 Å². The molecule has 0 spiro atoms. The highest BCUT2D eigenvalue weighted by molar-refractivity contribution is 5.95. The zero-order chi connectivity index (χ0) is 19.1. The van der Waals surface area contributed by atoms with E-state index in [9.17, 15) is 9.59 Å². The van der Waals surface area contributed by atoms with Gasteiger partial charge in [-0.15, -0.1) is 0 Å². The van der Waals surface area contributed by atoms with Gasteiger partial charge in [-0.2, -0.15) is 0 Å². The molecule has 28 heavy (non-hydrogen) atoms. The normalized spacial score (nSPS) is 20.9. The van der Waals surface area contributed by atoms with Crippen LogP contribution in [0.5, 0.6) is 0 Å². The molecule has 5 nitrogen and oxygen atoms in total. The van der Waals surface area contributed by atoms with Crippen molar-refractivity contribution in [3.8, 4) is 5.69 Å². The molecular weight excluding hydrogens is 350 g/mol. The highest BCUT2D eigenvalue weighted by atomic mass is 16.2. The SMILES string of the molecule is O=C(c1ccc(-n2ccccc2=O)cc1)N(C1CC1)C1CCC2=C(C=NC2)C1. The van der Waals surface area contributed by atoms with Crippen molar-refractivity contribution in [3.05, 3.63) is 75.7 Å². The van der Waals surface area contributed by atoms with Crippen LogP contribution < -0.4 is 5.56 Å². The largest absolute Gasteiger partial charge is 0.332 e. The molecule has 1 aliphatic heterocycles. The Bertz CT molecular complexity index is 1030. The van der Waals surface area contributed by atoms with Gasteiger partial charge in [0, 0.05) is 41.8 Å². The third-order valence-electron chi connectivity index (χ3n) is 6.00. The van der Waals surface area contributed by atoms with Crippen LogP contribution in [0.25, 0.3) is 5.69 Å². The first-order valence-corrected chi connectivity index (χ1v) is 10.0. The number of rotatable bonds is 4. The molecule has 0 saturated heterocycles. The summed E-state index contributed by atoms with van der Waals surface area (Å²) in [4.78, 5) is 31.9. The second kappa shape index (κ2) is 6.89. The number of hydrogen-bond donors (Lipinski definition) is 0. The van der Waals surface area contributed by atoms with Gasteiger partial charge >= 0.3 is 0 Å². The highest BCUT2D eigenvalue weighted by Gasteiger charge is 2.39. The molecule has 1 aromatic heterocycles. The second-order valence-electron chi connectivity index (χ2n) is 7.89. The lowest BCUT2D eigenvalue weighted by atomic mass is 9.88. The Hall–Kier alpha value is -2.95. The number of aromatic nitrogens is 1. The van der Waals surface area contributed by atoms with Crippen LogP contribution in [0.2, 0.25) is 0 Å². The molecule has 1 saturated carbocycles. The van der Waals surface area contributed by atoms with Crippen molar-refractivity contribution in [2.45, 2.75) is 44.2 Å². The van der Waals surface area contributed by atoms with Crippen molar-refractivity contribution in [2.24, 2.45) is 4.99 Å². The van der Waals surface area contributed by atoms with Crippen molar-refractivity contribution in [3.63, 3.8) is 0 Å². The number of carbonyl (C=O) groups excluding carboxylic acids is 1. The van der Waals surface area contributed by atoms with Gasteiger partial charge in [-0.05, 0) is 73.6 Å². The van der Waals surface area contributed by atoms with Crippen LogP contribution in [0.15, 0.2) is 69.6 Å². The lowest BCUT2D eigenvalue weighted by molar-refractivity contribution is 0.0645. The third kappa shape index (κ3) is 3.11. The van der Waals surface area contributed by atoms with Gasteiger partial charge in [0.2, 0.25) is 0 Å². The van der Waals surface area contributed by atoms with E-state index in [1.54, 1.807) is 16.8 Å². The average molecular weight is 373 g/mol. The van der Waals surface area contributed by atoms with E-state index in [0.29, 0.717) is 11.6 Å². The summed E-state index contributed by atoms with van der Waals surface area (Å²) in [6, 6.07) is 13.1. The fraction of sp³-hybridized carbons (Fsp3) is 0.348. The van der Waals surface area contributed by atoms with Crippen molar-refractivity contribution in [1.82, 2.24) is 9.47 Å². The number of pyridine rings is 1. The molecule has 2 aromatic rings. The van der Waals surface area contributed by atoms with Gasteiger partial charge in [0.1, 0.15) is 0 Å². The average Bonchev–Trinajstić information content (AvgIpc) is 3.44. The number of aliphatic imine (C=N–C) groups is 1. The molecule has 0 N–H and O–H groups in total. The molecule has 1 aromatic carbocycles. The first kappa shape index (κ1) is 17.2. The standard InChI is InChI=1S/C23H23N3O2/c27-22-3-1-2-12-25(22)19-7-4-16(5-8-19)23(28)26(20-10-11-20)21-9-6-17-14-24-15-18(17)13-21/h1-5,7-8,12,15,20-21H,6,9-11,13-14H2. The number of benzene rings is 1. The van der Waals surface area contributed by atoms with E-state index < -0.39 is 0 Å². The second-order valence-corrected chi connectivity index (χ2v) is 7.89. The lowest BCUT2D eigenvalue weighted by Gasteiger charge is -2.35. The highest BCUT2D eigenvalue weighted by Crippen LogP contribution is 2.37. The maximum atomic E-state index is 13.3. The summed E-state index contributed by atoms with van der Waals surface area (Å²) in [5.74, 6) is 0.110. The summed E-state index contributed by atoms with van der Waals surface area (Å²) in [7, 11) is 0. The topological polar surface area (TPSA) is 54.7 Å². The molecule has 5 rings (SSSR count). The van der Waals surface area contributed by atoms with Gasteiger partial charge in [-0.1, -0.05) is 6.07 Å². The van der Waals surface area contributed by atoms with Crippen LogP contribution in [-0.4, -0.2) is 40.2 Å². The van der Waals surface area contributed by atoms with E-state index in [2.05, 4.69) is 9.89 Å². The van der Waals surface area contributed by atoms with Gasteiger partial charge in [-0.25, -0.2) is 0 Å². The van der Waals surface area contributed by atoms with Crippen molar-refractivity contribution >= 4 is 12.1 Å². The summed E-state index contributed by atoms with van der Waals surface area (Å²) in [5.41, 5.74) is 4.19. The molecule has 1 amide bonds. The Balaban J connectivity index is 1.39. The minimum absolute atomic E-state index is 0.0781. The molecule has 5 heteroatoms. The fourth-order valence-corrected chi connectivity index (χ4v) is 4.37. The zero-order valence-corrected chi connectivity index (χ0v) is 15.8. The predicted molar refractivity (Wildman–Crippen MR) is 109 cm³/mol. The zero-order valence-electron chi connectivity index (χ0n) is 15.8. The Morgan fingerprint density at radius 1 is 1.04 bits per heavy atom. The van der Waals surface area contributed by atoms with Crippen LogP contribution in [0.1, 0.15) is 42.5 Å². The Labute approximate surface area is 164 Å². The number of nitrogens with zero attached hydrogens (tertiary/aromatic N) is 3. The van der Waals surface area contributed by atoms with Crippen LogP contribution >= 0.6 is 0 Å². The van der Waals surface area contributed by atoms with E-state index >= 15 is 0 Å². The number of amides is 1. The third-order valence-corrected chi connectivity index (χ3v) is 6.00. The minimum Gasteiger partial charge on any atom is -0.332 e. The molecule has 1 atom stereocenters. The molecule has 2 aliphatic carbocycles. The first-order valence-electron chi connectivity index (χ1n) is 10.0. The van der Waals surface area contributed by atoms with Crippen LogP contribution in [0.4, 0.5) is 0 Å². The van der Waals surface area contributed by atoms with E-state index in [0.717, 1.165) is 44.3 Å². The maximum absolute atomic E-state index is 13.3. The van der Waals surface area contributed by atoms with E-state index in [-0.39, 0.29) is 17.5 Å². The van der Waals surface area contributed by atoms with Crippen molar-refractivity contribution < 1.29 is 4.79 Å². The molecule has 3 aliphatic rings. The number of hydrogen-bond acceptors (Lipinski definition) is 3. The Morgan fingerprint density at radius 2 is 1.86 bits per heavy atom. The number of carbonyl (C=O) groups is 1. The summed E-state index contributed by atoms with van der Waals surface area (Å²) in [6.07, 6.45) is 8.95. The minimum atomic E-state index is -0.0781. The first-order chi connectivity index (χ1) is 13.7. The Morgan fingerprint density at radius 3 is 2.61 bits per heavy atom. The molecule has 0 radical (unpaired) electrons. The van der Waals surface area contributed by atoms with E-state index in [1.807, 2.05) is 36.5 Å². The van der Waals surface area contributed by atoms with Crippen LogP contribution in [-0.2, 0) is 0 Å². The predicted octanol–water partition coefficient (Wildman–Crippen LogP) is 3.38. The molecular formula is C23H23N3O2. The Kier molecular flexibility index (Phi) is 4.23. The quantitative estimate of drug-likeness (QED) is 0.825. The summed E-state index contributed by atoms with van der Waals surface area (Å²) in [5, 5.41) is 0. The fourth-order valence-electron chi connectivity index (χ4n) is 4.37. The summed E-state index contributed by atoms with van der Waals surface area (Å²) in [6.45, 7) is 0.847. The molecule has 0 bridgehead atoms. The molecule has 1 fully saturated rings. The maximum Gasteiger partial charge on any atom is 0.255 e. The van der Waals surface area contributed by atoms with Crippen molar-refractivity contribution in [2.75, 3.05) is 6.54 Å². The van der Waals surface area contributed by atoms with Gasteiger partial charge in [0.25, 0.3) is 11.5 Å². The van der Waals surface area contributed by atoms with Gasteiger partial charge in [0.15, 0.2) is 0 Å². The van der Waals surface area contributed by atoms with Gasteiger partial charge in [-0.3, -0.25) is 19.1 Å². The lowest BCUT2D eigenvalue weighted by Crippen LogP contribution is -2.43. The molecule has 142 valence electrons. The molecule has 2 heterocycles. The van der Waals surface area contributed by atoms with Crippen LogP contribution in [0, 0.1) is 0 Å². The summed E-state index contributed by atoms with van der Waals surface area (Å²) >= 11 is 0. The van der Waals surface area contributed by atoms with Crippen LogP contribution in [0.3, 0.4) is 0 Å². The summed E-state index contributed by atoms with van der Waals surface area (Å²) < 4.78 is 1.58.